The molecule has 4 heteroatoms. The van der Waals surface area contributed by atoms with E-state index in [9.17, 15) is 0 Å². The maximum absolute atomic E-state index is 5.90. The zero-order valence-corrected chi connectivity index (χ0v) is 9.25. The lowest BCUT2D eigenvalue weighted by atomic mass is 10.1. The van der Waals surface area contributed by atoms with E-state index in [2.05, 4.69) is 11.6 Å². The minimum absolute atomic E-state index is 0.0342. The summed E-state index contributed by atoms with van der Waals surface area (Å²) in [7, 11) is 1.58. The van der Waals surface area contributed by atoms with Gasteiger partial charge in [-0.25, -0.2) is 4.98 Å². The number of halogens is 1. The number of rotatable bonds is 3. The molecule has 0 bridgehead atoms. The van der Waals surface area contributed by atoms with Crippen molar-refractivity contribution in [2.75, 3.05) is 7.11 Å². The summed E-state index contributed by atoms with van der Waals surface area (Å²) >= 11 is 5.90. The molecule has 0 fully saturated rings. The molecule has 1 aromatic heterocycles. The Bertz CT molecular complexity index is 392. The van der Waals surface area contributed by atoms with Crippen LogP contribution in [0.25, 0.3) is 0 Å². The molecule has 80 valence electrons. The molecular weight excluding hydrogens is 214 g/mol. The van der Waals surface area contributed by atoms with Crippen LogP contribution in [0.15, 0.2) is 18.7 Å². The van der Waals surface area contributed by atoms with E-state index in [1.807, 2.05) is 12.1 Å². The van der Waals surface area contributed by atoms with Gasteiger partial charge in [0.05, 0.1) is 19.8 Å². The first-order valence-corrected chi connectivity index (χ1v) is 5.10. The smallest absolute Gasteiger partial charge is 0.220 e. The molecule has 2 rings (SSSR count). The van der Waals surface area contributed by atoms with Gasteiger partial charge in [-0.3, -0.25) is 0 Å². The van der Waals surface area contributed by atoms with Crippen LogP contribution >= 0.6 is 11.6 Å². The highest BCUT2D eigenvalue weighted by molar-refractivity contribution is 6.29. The number of methoxy groups -OCH3 is 1. The molecule has 1 atom stereocenters. The Hall–Kier alpha value is -1.06. The fourth-order valence-electron chi connectivity index (χ4n) is 1.76. The van der Waals surface area contributed by atoms with Crippen molar-refractivity contribution in [3.63, 3.8) is 0 Å². The number of nitrogens with zero attached hydrogens (tertiary/aromatic N) is 1. The molecule has 0 spiro atoms. The Morgan fingerprint density at radius 2 is 2.60 bits per heavy atom. The van der Waals surface area contributed by atoms with Gasteiger partial charge in [-0.15, -0.1) is 6.58 Å². The summed E-state index contributed by atoms with van der Waals surface area (Å²) in [6, 6.07) is 1.83. The third kappa shape index (κ3) is 1.85. The number of aromatic nitrogens is 1. The van der Waals surface area contributed by atoms with Gasteiger partial charge in [0.25, 0.3) is 0 Å². The van der Waals surface area contributed by atoms with Crippen LogP contribution in [0.3, 0.4) is 0 Å². The normalized spacial score (nSPS) is 18.7. The SMILES string of the molecule is C=CCC1OCc2c1cc(Cl)nc2OC. The van der Waals surface area contributed by atoms with Gasteiger partial charge in [-0.1, -0.05) is 17.7 Å². The highest BCUT2D eigenvalue weighted by Crippen LogP contribution is 2.38. The molecule has 1 aliphatic heterocycles. The summed E-state index contributed by atoms with van der Waals surface area (Å²) in [4.78, 5) is 4.10. The fraction of sp³-hybridized carbons (Fsp3) is 0.364. The van der Waals surface area contributed by atoms with E-state index < -0.39 is 0 Å². The molecular formula is C11H12ClNO2. The van der Waals surface area contributed by atoms with Crippen molar-refractivity contribution in [2.45, 2.75) is 19.1 Å². The predicted octanol–water partition coefficient (Wildman–Crippen LogP) is 2.89. The monoisotopic (exact) mass is 225 g/mol. The van der Waals surface area contributed by atoms with Gasteiger partial charge in [-0.05, 0) is 18.1 Å². The van der Waals surface area contributed by atoms with Crippen molar-refractivity contribution in [3.05, 3.63) is 35.0 Å². The molecule has 0 radical (unpaired) electrons. The van der Waals surface area contributed by atoms with Crippen molar-refractivity contribution in [1.82, 2.24) is 4.98 Å². The van der Waals surface area contributed by atoms with Crippen LogP contribution in [-0.4, -0.2) is 12.1 Å². The lowest BCUT2D eigenvalue weighted by Gasteiger charge is -2.09. The van der Waals surface area contributed by atoms with E-state index >= 15 is 0 Å². The Kier molecular flexibility index (Phi) is 2.93. The molecule has 1 aliphatic rings. The van der Waals surface area contributed by atoms with Crippen LogP contribution in [-0.2, 0) is 11.3 Å². The first-order chi connectivity index (χ1) is 7.26. The molecule has 0 amide bonds. The number of hydrogen-bond donors (Lipinski definition) is 0. The molecule has 0 saturated heterocycles. The second-order valence-electron chi connectivity index (χ2n) is 3.35. The van der Waals surface area contributed by atoms with Crippen LogP contribution in [0.1, 0.15) is 23.7 Å². The van der Waals surface area contributed by atoms with Crippen LogP contribution in [0, 0.1) is 0 Å². The second kappa shape index (κ2) is 4.21. The Balaban J connectivity index is 2.43. The van der Waals surface area contributed by atoms with E-state index in [0.717, 1.165) is 17.5 Å². The van der Waals surface area contributed by atoms with Crippen LogP contribution < -0.4 is 4.74 Å². The predicted molar refractivity (Wildman–Crippen MR) is 58.1 cm³/mol. The molecule has 1 aromatic rings. The minimum atomic E-state index is 0.0342. The first kappa shape index (κ1) is 10.5. The van der Waals surface area contributed by atoms with Crippen LogP contribution in [0.4, 0.5) is 0 Å². The fourth-order valence-corrected chi connectivity index (χ4v) is 1.95. The van der Waals surface area contributed by atoms with Gasteiger partial charge in [0.15, 0.2) is 0 Å². The highest BCUT2D eigenvalue weighted by atomic mass is 35.5. The van der Waals surface area contributed by atoms with Gasteiger partial charge in [0.2, 0.25) is 5.88 Å². The average molecular weight is 226 g/mol. The summed E-state index contributed by atoms with van der Waals surface area (Å²) in [5, 5.41) is 0.435. The van der Waals surface area contributed by atoms with E-state index in [4.69, 9.17) is 21.1 Å². The van der Waals surface area contributed by atoms with Crippen LogP contribution in [0.5, 0.6) is 5.88 Å². The van der Waals surface area contributed by atoms with Crippen molar-refractivity contribution >= 4 is 11.6 Å². The van der Waals surface area contributed by atoms with Crippen LogP contribution in [0.2, 0.25) is 5.15 Å². The van der Waals surface area contributed by atoms with Crippen molar-refractivity contribution in [1.29, 1.82) is 0 Å². The van der Waals surface area contributed by atoms with Gasteiger partial charge in [-0.2, -0.15) is 0 Å². The quantitative estimate of drug-likeness (QED) is 0.586. The molecule has 0 N–H and O–H groups in total. The van der Waals surface area contributed by atoms with Crippen molar-refractivity contribution in [3.8, 4) is 5.88 Å². The summed E-state index contributed by atoms with van der Waals surface area (Å²) in [5.74, 6) is 0.559. The lowest BCUT2D eigenvalue weighted by Crippen LogP contribution is -1.97. The zero-order valence-electron chi connectivity index (χ0n) is 8.50. The van der Waals surface area contributed by atoms with Crippen molar-refractivity contribution in [2.24, 2.45) is 0 Å². The van der Waals surface area contributed by atoms with E-state index in [1.165, 1.54) is 0 Å². The summed E-state index contributed by atoms with van der Waals surface area (Å²) < 4.78 is 10.8. The molecule has 2 heterocycles. The summed E-state index contributed by atoms with van der Waals surface area (Å²) in [5.41, 5.74) is 2.06. The maximum Gasteiger partial charge on any atom is 0.220 e. The average Bonchev–Trinajstić information content (AvgIpc) is 2.61. The maximum atomic E-state index is 5.90. The Labute approximate surface area is 93.7 Å². The molecule has 1 unspecified atom stereocenters. The van der Waals surface area contributed by atoms with E-state index in [1.54, 1.807) is 7.11 Å². The Morgan fingerprint density at radius 3 is 3.27 bits per heavy atom. The molecule has 0 aliphatic carbocycles. The topological polar surface area (TPSA) is 31.4 Å². The van der Waals surface area contributed by atoms with Crippen molar-refractivity contribution < 1.29 is 9.47 Å². The number of ether oxygens (including phenoxy) is 2. The van der Waals surface area contributed by atoms with Gasteiger partial charge in [0, 0.05) is 5.56 Å². The number of fused-ring (bicyclic) bond motifs is 1. The third-order valence-electron chi connectivity index (χ3n) is 2.44. The molecule has 15 heavy (non-hydrogen) atoms. The third-order valence-corrected chi connectivity index (χ3v) is 2.63. The zero-order chi connectivity index (χ0) is 10.8. The lowest BCUT2D eigenvalue weighted by molar-refractivity contribution is 0.0679. The first-order valence-electron chi connectivity index (χ1n) is 4.72. The largest absolute Gasteiger partial charge is 0.481 e. The summed E-state index contributed by atoms with van der Waals surface area (Å²) in [6.07, 6.45) is 2.64. The van der Waals surface area contributed by atoms with E-state index in [0.29, 0.717) is 17.6 Å². The molecule has 0 saturated carbocycles. The Morgan fingerprint density at radius 1 is 1.80 bits per heavy atom. The number of pyridine rings is 1. The standard InChI is InChI=1S/C11H12ClNO2/c1-3-4-9-7-5-10(12)13-11(14-2)8(7)6-15-9/h3,5,9H,1,4,6H2,2H3. The van der Waals surface area contributed by atoms with Gasteiger partial charge < -0.3 is 9.47 Å². The minimum Gasteiger partial charge on any atom is -0.481 e. The van der Waals surface area contributed by atoms with Gasteiger partial charge in [0.1, 0.15) is 5.15 Å². The number of hydrogen-bond acceptors (Lipinski definition) is 3. The summed E-state index contributed by atoms with van der Waals surface area (Å²) in [6.45, 7) is 4.23. The van der Waals surface area contributed by atoms with E-state index in [-0.39, 0.29) is 6.10 Å². The molecule has 3 nitrogen and oxygen atoms in total. The second-order valence-corrected chi connectivity index (χ2v) is 3.73. The highest BCUT2D eigenvalue weighted by Gasteiger charge is 2.26. The van der Waals surface area contributed by atoms with Gasteiger partial charge >= 0.3 is 0 Å². The molecule has 0 aromatic carbocycles.